The summed E-state index contributed by atoms with van der Waals surface area (Å²) in [7, 11) is 0. The quantitative estimate of drug-likeness (QED) is 0.668. The zero-order valence-electron chi connectivity index (χ0n) is 15.6. The number of benzene rings is 2. The Morgan fingerprint density at radius 2 is 1.71 bits per heavy atom. The van der Waals surface area contributed by atoms with Gasteiger partial charge in [0.15, 0.2) is 10.9 Å². The van der Waals surface area contributed by atoms with E-state index in [2.05, 4.69) is 22.1 Å². The summed E-state index contributed by atoms with van der Waals surface area (Å²) in [4.78, 5) is 33.2. The summed E-state index contributed by atoms with van der Waals surface area (Å²) in [6.07, 6.45) is 0.922. The van der Waals surface area contributed by atoms with Crippen LogP contribution < -0.4 is 5.32 Å². The second-order valence-corrected chi connectivity index (χ2v) is 7.82. The average Bonchev–Trinajstić information content (AvgIpc) is 3.15. The molecule has 0 spiro atoms. The Labute approximate surface area is 168 Å². The number of nitrogens with one attached hydrogen (secondary N) is 1. The number of rotatable bonds is 5. The van der Waals surface area contributed by atoms with Crippen molar-refractivity contribution in [2.24, 2.45) is 0 Å². The van der Waals surface area contributed by atoms with E-state index in [0.717, 1.165) is 31.7 Å². The molecule has 0 radical (unpaired) electrons. The van der Waals surface area contributed by atoms with Crippen molar-refractivity contribution in [2.75, 3.05) is 18.4 Å². The number of carbonyl (C=O) groups excluding carboxylic acids is 2. The zero-order valence-corrected chi connectivity index (χ0v) is 16.5. The van der Waals surface area contributed by atoms with E-state index in [-0.39, 0.29) is 11.7 Å². The summed E-state index contributed by atoms with van der Waals surface area (Å²) in [5, 5.41) is 3.53. The van der Waals surface area contributed by atoms with Crippen molar-refractivity contribution in [3.63, 3.8) is 0 Å². The molecule has 1 N–H and O–H groups in total. The molecule has 0 saturated carbocycles. The molecule has 28 heavy (non-hydrogen) atoms. The SMILES string of the molecule is CCN1CCc2nc(NC(=O)c3ccc(C(=O)c4ccccc4)cc3)sc2C1. The second kappa shape index (κ2) is 8.04. The molecule has 1 aliphatic rings. The fraction of sp³-hybridized carbons (Fsp3) is 0.227. The van der Waals surface area contributed by atoms with E-state index < -0.39 is 0 Å². The Hall–Kier alpha value is -2.83. The van der Waals surface area contributed by atoms with Gasteiger partial charge < -0.3 is 0 Å². The van der Waals surface area contributed by atoms with Crippen molar-refractivity contribution >= 4 is 28.2 Å². The van der Waals surface area contributed by atoms with E-state index in [1.165, 1.54) is 4.88 Å². The highest BCUT2D eigenvalue weighted by atomic mass is 32.1. The number of aromatic nitrogens is 1. The number of nitrogens with zero attached hydrogens (tertiary/aromatic N) is 2. The number of fused-ring (bicyclic) bond motifs is 1. The lowest BCUT2D eigenvalue weighted by Crippen LogP contribution is -2.29. The molecule has 0 saturated heterocycles. The maximum atomic E-state index is 12.6. The minimum Gasteiger partial charge on any atom is -0.298 e. The maximum absolute atomic E-state index is 12.6. The monoisotopic (exact) mass is 391 g/mol. The van der Waals surface area contributed by atoms with Gasteiger partial charge in [-0.1, -0.05) is 49.4 Å². The third kappa shape index (κ3) is 3.88. The zero-order chi connectivity index (χ0) is 19.5. The van der Waals surface area contributed by atoms with Crippen molar-refractivity contribution in [1.29, 1.82) is 0 Å². The summed E-state index contributed by atoms with van der Waals surface area (Å²) < 4.78 is 0. The lowest BCUT2D eigenvalue weighted by atomic mass is 10.0. The van der Waals surface area contributed by atoms with E-state index in [1.54, 1.807) is 47.7 Å². The molecule has 0 fully saturated rings. The van der Waals surface area contributed by atoms with Gasteiger partial charge in [-0.2, -0.15) is 0 Å². The molecule has 1 aliphatic heterocycles. The van der Waals surface area contributed by atoms with Crippen molar-refractivity contribution in [3.05, 3.63) is 81.9 Å². The topological polar surface area (TPSA) is 62.3 Å². The molecular weight excluding hydrogens is 370 g/mol. The first-order chi connectivity index (χ1) is 13.6. The summed E-state index contributed by atoms with van der Waals surface area (Å²) in [6.45, 7) is 5.08. The van der Waals surface area contributed by atoms with Crippen LogP contribution in [0.15, 0.2) is 54.6 Å². The molecule has 1 aromatic heterocycles. The number of ketones is 1. The van der Waals surface area contributed by atoms with Crippen molar-refractivity contribution in [2.45, 2.75) is 19.9 Å². The molecule has 5 nitrogen and oxygen atoms in total. The summed E-state index contributed by atoms with van der Waals surface area (Å²) in [5.41, 5.74) is 2.79. The maximum Gasteiger partial charge on any atom is 0.257 e. The van der Waals surface area contributed by atoms with Crippen LogP contribution >= 0.6 is 11.3 Å². The Bertz CT molecular complexity index is 996. The fourth-order valence-corrected chi connectivity index (χ4v) is 4.32. The van der Waals surface area contributed by atoms with Crippen molar-refractivity contribution in [1.82, 2.24) is 9.88 Å². The number of hydrogen-bond acceptors (Lipinski definition) is 5. The Balaban J connectivity index is 1.44. The van der Waals surface area contributed by atoms with Crippen molar-refractivity contribution in [3.8, 4) is 0 Å². The second-order valence-electron chi connectivity index (χ2n) is 6.73. The van der Waals surface area contributed by atoms with Crippen LogP contribution in [0.4, 0.5) is 5.13 Å². The van der Waals surface area contributed by atoms with Crippen LogP contribution in [0.2, 0.25) is 0 Å². The first kappa shape index (κ1) is 18.5. The van der Waals surface area contributed by atoms with Gasteiger partial charge in [0.1, 0.15) is 0 Å². The molecule has 0 unspecified atom stereocenters. The van der Waals surface area contributed by atoms with E-state index in [9.17, 15) is 9.59 Å². The summed E-state index contributed by atoms with van der Waals surface area (Å²) in [5.74, 6) is -0.266. The van der Waals surface area contributed by atoms with Crippen LogP contribution in [0.25, 0.3) is 0 Å². The molecule has 1 amide bonds. The molecule has 0 aliphatic carbocycles. The number of likely N-dealkylation sites (N-methyl/N-ethyl adjacent to an activating group) is 1. The Morgan fingerprint density at radius 3 is 2.43 bits per heavy atom. The highest BCUT2D eigenvalue weighted by Gasteiger charge is 2.20. The van der Waals surface area contributed by atoms with Crippen LogP contribution in [-0.4, -0.2) is 34.7 Å². The number of carbonyl (C=O) groups is 2. The normalized spacial score (nSPS) is 13.8. The lowest BCUT2D eigenvalue weighted by Gasteiger charge is -2.23. The molecule has 2 aromatic carbocycles. The van der Waals surface area contributed by atoms with Crippen LogP contribution in [0.3, 0.4) is 0 Å². The molecule has 0 bridgehead atoms. The van der Waals surface area contributed by atoms with Crippen LogP contribution in [-0.2, 0) is 13.0 Å². The predicted octanol–water partition coefficient (Wildman–Crippen LogP) is 4.00. The first-order valence-corrected chi connectivity index (χ1v) is 10.2. The highest BCUT2D eigenvalue weighted by molar-refractivity contribution is 7.15. The van der Waals surface area contributed by atoms with Gasteiger partial charge >= 0.3 is 0 Å². The Kier molecular flexibility index (Phi) is 5.32. The van der Waals surface area contributed by atoms with Gasteiger partial charge in [0.2, 0.25) is 0 Å². The third-order valence-electron chi connectivity index (χ3n) is 4.92. The van der Waals surface area contributed by atoms with Crippen LogP contribution in [0.1, 0.15) is 43.8 Å². The Morgan fingerprint density at radius 1 is 1.04 bits per heavy atom. The van der Waals surface area contributed by atoms with Gasteiger partial charge in [-0.25, -0.2) is 4.98 Å². The van der Waals surface area contributed by atoms with Crippen LogP contribution in [0.5, 0.6) is 0 Å². The first-order valence-electron chi connectivity index (χ1n) is 9.36. The standard InChI is InChI=1S/C22H21N3O2S/c1-2-25-13-12-18-19(14-25)28-22(23-18)24-21(27)17-10-8-16(9-11-17)20(26)15-6-4-3-5-7-15/h3-11H,2,12-14H2,1H3,(H,23,24,27). The van der Waals surface area contributed by atoms with Gasteiger partial charge in [0.05, 0.1) is 5.69 Å². The molecule has 142 valence electrons. The number of amides is 1. The largest absolute Gasteiger partial charge is 0.298 e. The molecule has 6 heteroatoms. The van der Waals surface area contributed by atoms with Crippen molar-refractivity contribution < 1.29 is 9.59 Å². The predicted molar refractivity (Wildman–Crippen MR) is 111 cm³/mol. The van der Waals surface area contributed by atoms with E-state index in [4.69, 9.17) is 0 Å². The van der Waals surface area contributed by atoms with Gasteiger partial charge in [0, 0.05) is 41.1 Å². The molecule has 0 atom stereocenters. The minimum atomic E-state index is -0.211. The van der Waals surface area contributed by atoms with Gasteiger partial charge in [-0.15, -0.1) is 11.3 Å². The summed E-state index contributed by atoms with van der Waals surface area (Å²) >= 11 is 1.54. The van der Waals surface area contributed by atoms with E-state index >= 15 is 0 Å². The van der Waals surface area contributed by atoms with Gasteiger partial charge in [0.25, 0.3) is 5.91 Å². The number of thiazole rings is 1. The molecule has 4 rings (SSSR count). The summed E-state index contributed by atoms with van der Waals surface area (Å²) in [6, 6.07) is 15.9. The van der Waals surface area contributed by atoms with E-state index in [1.807, 2.05) is 18.2 Å². The average molecular weight is 391 g/mol. The fourth-order valence-electron chi connectivity index (χ4n) is 3.27. The van der Waals surface area contributed by atoms with Crippen LogP contribution in [0, 0.1) is 0 Å². The number of hydrogen-bond donors (Lipinski definition) is 1. The lowest BCUT2D eigenvalue weighted by molar-refractivity contribution is 0.102. The molecular formula is C22H21N3O2S. The van der Waals surface area contributed by atoms with E-state index in [0.29, 0.717) is 21.8 Å². The molecule has 2 heterocycles. The van der Waals surface area contributed by atoms with Gasteiger partial charge in [-0.05, 0) is 18.7 Å². The molecule has 3 aromatic rings. The minimum absolute atomic E-state index is 0.0550. The van der Waals surface area contributed by atoms with Gasteiger partial charge in [-0.3, -0.25) is 19.8 Å². The smallest absolute Gasteiger partial charge is 0.257 e. The highest BCUT2D eigenvalue weighted by Crippen LogP contribution is 2.28. The third-order valence-corrected chi connectivity index (χ3v) is 5.92. The number of anilines is 1.